The Morgan fingerprint density at radius 1 is 1.17 bits per heavy atom. The van der Waals surface area contributed by atoms with Gasteiger partial charge in [-0.25, -0.2) is 5.48 Å². The molecule has 29 heavy (non-hydrogen) atoms. The second-order valence-electron chi connectivity index (χ2n) is 8.85. The highest BCUT2D eigenvalue weighted by Gasteiger charge is 2.38. The largest absolute Gasteiger partial charge is 0.382 e. The van der Waals surface area contributed by atoms with Crippen LogP contribution in [0.3, 0.4) is 0 Å². The SMILES string of the molecule is CC(C)(C)[C@H](NC(=O)[C@H](C[C@H]1CCc2ccccc2C1)[C@H](O)C(=O)NO)C(N)=O. The van der Waals surface area contributed by atoms with E-state index in [1.807, 2.05) is 18.2 Å². The average molecular weight is 405 g/mol. The summed E-state index contributed by atoms with van der Waals surface area (Å²) in [7, 11) is 0. The number of fused-ring (bicyclic) bond motifs is 1. The minimum Gasteiger partial charge on any atom is -0.382 e. The lowest BCUT2D eigenvalue weighted by atomic mass is 9.77. The van der Waals surface area contributed by atoms with Crippen LogP contribution in [0.2, 0.25) is 0 Å². The van der Waals surface area contributed by atoms with E-state index in [0.29, 0.717) is 0 Å². The molecule has 8 nitrogen and oxygen atoms in total. The molecular formula is C21H31N3O5. The Morgan fingerprint density at radius 3 is 2.34 bits per heavy atom. The number of primary amides is 1. The van der Waals surface area contributed by atoms with E-state index < -0.39 is 41.2 Å². The van der Waals surface area contributed by atoms with Crippen molar-refractivity contribution < 1.29 is 24.7 Å². The van der Waals surface area contributed by atoms with Gasteiger partial charge in [0.2, 0.25) is 11.8 Å². The van der Waals surface area contributed by atoms with Gasteiger partial charge in [0.15, 0.2) is 0 Å². The highest BCUT2D eigenvalue weighted by atomic mass is 16.5. The second-order valence-corrected chi connectivity index (χ2v) is 8.85. The summed E-state index contributed by atoms with van der Waals surface area (Å²) in [6, 6.07) is 7.09. The van der Waals surface area contributed by atoms with Gasteiger partial charge in [-0.1, -0.05) is 45.0 Å². The molecule has 1 aromatic rings. The smallest absolute Gasteiger partial charge is 0.272 e. The van der Waals surface area contributed by atoms with Gasteiger partial charge in [-0.15, -0.1) is 0 Å². The Kier molecular flexibility index (Phi) is 7.37. The van der Waals surface area contributed by atoms with Crippen LogP contribution in [0.25, 0.3) is 0 Å². The van der Waals surface area contributed by atoms with Crippen molar-refractivity contribution in [2.24, 2.45) is 23.0 Å². The molecule has 8 heteroatoms. The van der Waals surface area contributed by atoms with Crippen molar-refractivity contribution >= 4 is 17.7 Å². The van der Waals surface area contributed by atoms with Crippen LogP contribution in [0.1, 0.15) is 44.7 Å². The van der Waals surface area contributed by atoms with E-state index in [9.17, 15) is 19.5 Å². The van der Waals surface area contributed by atoms with Gasteiger partial charge in [-0.2, -0.15) is 0 Å². The number of hydrogen-bond acceptors (Lipinski definition) is 5. The number of aliphatic hydroxyl groups is 1. The third-order valence-corrected chi connectivity index (χ3v) is 5.57. The molecule has 3 amide bonds. The Bertz CT molecular complexity index is 759. The quantitative estimate of drug-likeness (QED) is 0.335. The number of aryl methyl sites for hydroxylation is 1. The van der Waals surface area contributed by atoms with Gasteiger partial charge in [0.1, 0.15) is 12.1 Å². The first-order chi connectivity index (χ1) is 13.5. The summed E-state index contributed by atoms with van der Waals surface area (Å²) < 4.78 is 0. The standard InChI is InChI=1S/C21H31N3O5/c1-21(2,3)17(18(22)26)23-19(27)15(16(25)20(28)24-29)11-12-8-9-13-6-4-5-7-14(13)10-12/h4-7,12,15-17,25,29H,8-11H2,1-3H3,(H2,22,26)(H,23,27)(H,24,28)/t12-,15+,16-,17+/m0/s1. The maximum absolute atomic E-state index is 12.9. The fourth-order valence-electron chi connectivity index (χ4n) is 3.93. The number of benzene rings is 1. The number of nitrogens with one attached hydrogen (secondary N) is 2. The Morgan fingerprint density at radius 2 is 1.79 bits per heavy atom. The molecule has 6 N–H and O–H groups in total. The molecule has 0 bridgehead atoms. The van der Waals surface area contributed by atoms with E-state index in [2.05, 4.69) is 11.4 Å². The minimum atomic E-state index is -1.74. The number of hydrogen-bond donors (Lipinski definition) is 5. The zero-order valence-electron chi connectivity index (χ0n) is 17.1. The van der Waals surface area contributed by atoms with Gasteiger partial charge >= 0.3 is 0 Å². The zero-order chi connectivity index (χ0) is 21.8. The molecule has 1 aromatic carbocycles. The number of aliphatic hydroxyl groups excluding tert-OH is 1. The first-order valence-corrected chi connectivity index (χ1v) is 9.83. The van der Waals surface area contributed by atoms with Crippen molar-refractivity contribution in [2.75, 3.05) is 0 Å². The number of rotatable bonds is 7. The van der Waals surface area contributed by atoms with Crippen molar-refractivity contribution in [1.82, 2.24) is 10.8 Å². The van der Waals surface area contributed by atoms with Crippen molar-refractivity contribution in [3.63, 3.8) is 0 Å². The van der Waals surface area contributed by atoms with Crippen LogP contribution >= 0.6 is 0 Å². The van der Waals surface area contributed by atoms with Gasteiger partial charge in [0, 0.05) is 0 Å². The number of nitrogens with two attached hydrogens (primary N) is 1. The molecule has 0 spiro atoms. The van der Waals surface area contributed by atoms with Crippen molar-refractivity contribution in [2.45, 2.75) is 58.6 Å². The van der Waals surface area contributed by atoms with E-state index in [0.717, 1.165) is 19.3 Å². The van der Waals surface area contributed by atoms with Gasteiger partial charge in [-0.05, 0) is 48.1 Å². The van der Waals surface area contributed by atoms with E-state index in [-0.39, 0.29) is 12.3 Å². The van der Waals surface area contributed by atoms with Crippen LogP contribution in [0.5, 0.6) is 0 Å². The summed E-state index contributed by atoms with van der Waals surface area (Å²) in [4.78, 5) is 36.6. The number of hydroxylamine groups is 1. The summed E-state index contributed by atoms with van der Waals surface area (Å²) in [6.07, 6.45) is 0.887. The van der Waals surface area contributed by atoms with Crippen molar-refractivity contribution in [3.8, 4) is 0 Å². The molecule has 0 fully saturated rings. The van der Waals surface area contributed by atoms with Crippen LogP contribution in [0, 0.1) is 17.3 Å². The predicted octanol–water partition coefficient (Wildman–Crippen LogP) is 0.680. The van der Waals surface area contributed by atoms with Crippen molar-refractivity contribution in [3.05, 3.63) is 35.4 Å². The summed E-state index contributed by atoms with van der Waals surface area (Å²) >= 11 is 0. The first-order valence-electron chi connectivity index (χ1n) is 9.83. The third-order valence-electron chi connectivity index (χ3n) is 5.57. The molecule has 0 unspecified atom stereocenters. The number of carbonyl (C=O) groups excluding carboxylic acids is 3. The topological polar surface area (TPSA) is 142 Å². The highest BCUT2D eigenvalue weighted by Crippen LogP contribution is 2.31. The minimum absolute atomic E-state index is 0.0726. The van der Waals surface area contributed by atoms with Crippen LogP contribution in [-0.2, 0) is 27.2 Å². The normalized spacial score (nSPS) is 19.4. The molecule has 0 radical (unpaired) electrons. The van der Waals surface area contributed by atoms with Gasteiger partial charge < -0.3 is 16.2 Å². The number of carbonyl (C=O) groups is 3. The zero-order valence-corrected chi connectivity index (χ0v) is 17.1. The molecule has 1 aliphatic carbocycles. The second kappa shape index (κ2) is 9.37. The van der Waals surface area contributed by atoms with E-state index in [4.69, 9.17) is 10.9 Å². The Hall–Kier alpha value is -2.45. The first kappa shape index (κ1) is 22.8. The maximum atomic E-state index is 12.9. The van der Waals surface area contributed by atoms with E-state index >= 15 is 0 Å². The van der Waals surface area contributed by atoms with Crippen LogP contribution in [0.4, 0.5) is 0 Å². The molecule has 0 heterocycles. The monoisotopic (exact) mass is 405 g/mol. The average Bonchev–Trinajstić information content (AvgIpc) is 2.67. The predicted molar refractivity (Wildman–Crippen MR) is 107 cm³/mol. The summed E-state index contributed by atoms with van der Waals surface area (Å²) in [6.45, 7) is 5.27. The Labute approximate surface area is 170 Å². The van der Waals surface area contributed by atoms with E-state index in [1.165, 1.54) is 16.6 Å². The Balaban J connectivity index is 2.20. The molecule has 1 aliphatic rings. The van der Waals surface area contributed by atoms with E-state index in [1.54, 1.807) is 20.8 Å². The lowest BCUT2D eigenvalue weighted by Gasteiger charge is -2.33. The molecule has 160 valence electrons. The third kappa shape index (κ3) is 5.77. The molecular weight excluding hydrogens is 374 g/mol. The molecule has 4 atom stereocenters. The van der Waals surface area contributed by atoms with Gasteiger partial charge in [0.25, 0.3) is 5.91 Å². The fourth-order valence-corrected chi connectivity index (χ4v) is 3.93. The van der Waals surface area contributed by atoms with Crippen LogP contribution in [-0.4, -0.2) is 40.2 Å². The van der Waals surface area contributed by atoms with Gasteiger partial charge in [-0.3, -0.25) is 19.6 Å². The number of amides is 3. The molecule has 2 rings (SSSR count). The maximum Gasteiger partial charge on any atom is 0.272 e. The lowest BCUT2D eigenvalue weighted by Crippen LogP contribution is -2.56. The fraction of sp³-hybridized carbons (Fsp3) is 0.571. The molecule has 0 aromatic heterocycles. The van der Waals surface area contributed by atoms with Gasteiger partial charge in [0.05, 0.1) is 5.92 Å². The van der Waals surface area contributed by atoms with Crippen LogP contribution in [0.15, 0.2) is 24.3 Å². The highest BCUT2D eigenvalue weighted by molar-refractivity contribution is 5.92. The van der Waals surface area contributed by atoms with Crippen molar-refractivity contribution in [1.29, 1.82) is 0 Å². The van der Waals surface area contributed by atoms with Crippen LogP contribution < -0.4 is 16.5 Å². The summed E-state index contributed by atoms with van der Waals surface area (Å²) in [5.74, 6) is -3.45. The summed E-state index contributed by atoms with van der Waals surface area (Å²) in [5.41, 5.74) is 8.65. The summed E-state index contributed by atoms with van der Waals surface area (Å²) in [5, 5.41) is 21.9. The lowest BCUT2D eigenvalue weighted by molar-refractivity contribution is -0.147. The molecule has 0 saturated heterocycles. The molecule has 0 aliphatic heterocycles. The molecule has 0 saturated carbocycles.